The number of carboxylic acid groups (broad SMARTS) is 1. The van der Waals surface area contributed by atoms with E-state index in [-0.39, 0.29) is 0 Å². The van der Waals surface area contributed by atoms with E-state index in [9.17, 15) is 9.90 Å². The molecular weight excluding hydrogens is 292 g/mol. The molecule has 0 saturated carbocycles. The van der Waals surface area contributed by atoms with Crippen LogP contribution in [0.3, 0.4) is 0 Å². The monoisotopic (exact) mass is 308 g/mol. The molecule has 1 heterocycles. The van der Waals surface area contributed by atoms with Crippen molar-refractivity contribution in [3.63, 3.8) is 0 Å². The number of thioether (sulfide) groups is 1. The summed E-state index contributed by atoms with van der Waals surface area (Å²) in [6.07, 6.45) is 2.38. The number of nitrogens with zero attached hydrogens (tertiary/aromatic N) is 4. The van der Waals surface area contributed by atoms with Gasteiger partial charge in [-0.1, -0.05) is 12.1 Å². The number of aliphatic carboxylic acids is 1. The molecule has 0 aliphatic carbocycles. The molecular formula is C13H16N4O3S. The zero-order valence-electron chi connectivity index (χ0n) is 11.8. The summed E-state index contributed by atoms with van der Waals surface area (Å²) in [7, 11) is 1.55. The van der Waals surface area contributed by atoms with Crippen molar-refractivity contribution in [1.29, 1.82) is 0 Å². The number of benzene rings is 1. The standard InChI is InChI=1S/C13H16N4O3S/c1-20-11-6-4-3-5-9(11)12-14-15-16-17(12)10(13(18)19)7-8-21-2/h3-6,10H,7-8H2,1-2H3,(H,18,19). The van der Waals surface area contributed by atoms with Gasteiger partial charge in [-0.2, -0.15) is 11.8 Å². The van der Waals surface area contributed by atoms with E-state index >= 15 is 0 Å². The van der Waals surface area contributed by atoms with Gasteiger partial charge in [-0.15, -0.1) is 5.10 Å². The van der Waals surface area contributed by atoms with Crippen LogP contribution in [-0.4, -0.2) is 50.4 Å². The minimum absolute atomic E-state index is 0.390. The molecule has 7 nitrogen and oxygen atoms in total. The number of hydrogen-bond acceptors (Lipinski definition) is 6. The molecule has 0 spiro atoms. The number of rotatable bonds is 7. The Bertz CT molecular complexity index is 617. The van der Waals surface area contributed by atoms with Gasteiger partial charge >= 0.3 is 5.97 Å². The molecule has 1 atom stereocenters. The molecule has 2 aromatic rings. The lowest BCUT2D eigenvalue weighted by atomic mass is 10.1. The Morgan fingerprint density at radius 3 is 2.90 bits per heavy atom. The number of carbonyl (C=O) groups is 1. The maximum atomic E-state index is 11.5. The van der Waals surface area contributed by atoms with Crippen molar-refractivity contribution in [3.05, 3.63) is 24.3 Å². The van der Waals surface area contributed by atoms with Gasteiger partial charge in [0.1, 0.15) is 5.75 Å². The van der Waals surface area contributed by atoms with Crippen LogP contribution in [0, 0.1) is 0 Å². The molecule has 0 saturated heterocycles. The fraction of sp³-hybridized carbons (Fsp3) is 0.385. The smallest absolute Gasteiger partial charge is 0.328 e. The van der Waals surface area contributed by atoms with Crippen molar-refractivity contribution < 1.29 is 14.6 Å². The molecule has 0 aliphatic rings. The third kappa shape index (κ3) is 3.33. The number of tetrazole rings is 1. The maximum absolute atomic E-state index is 11.5. The first-order valence-electron chi connectivity index (χ1n) is 6.32. The molecule has 0 radical (unpaired) electrons. The lowest BCUT2D eigenvalue weighted by Crippen LogP contribution is -2.22. The lowest BCUT2D eigenvalue weighted by Gasteiger charge is -2.14. The fourth-order valence-corrected chi connectivity index (χ4v) is 2.45. The Labute approximate surface area is 126 Å². The van der Waals surface area contributed by atoms with Crippen LogP contribution in [0.4, 0.5) is 0 Å². The summed E-state index contributed by atoms with van der Waals surface area (Å²) in [4.78, 5) is 11.5. The molecule has 1 aromatic heterocycles. The van der Waals surface area contributed by atoms with Crippen molar-refractivity contribution in [2.45, 2.75) is 12.5 Å². The van der Waals surface area contributed by atoms with Gasteiger partial charge in [-0.05, 0) is 41.0 Å². The summed E-state index contributed by atoms with van der Waals surface area (Å²) in [6, 6.07) is 6.45. The van der Waals surface area contributed by atoms with E-state index in [1.165, 1.54) is 4.68 Å². The number of hydrogen-bond donors (Lipinski definition) is 1. The number of methoxy groups -OCH3 is 1. The summed E-state index contributed by atoms with van der Waals surface area (Å²) in [5.74, 6) is 0.748. The topological polar surface area (TPSA) is 90.1 Å². The predicted molar refractivity (Wildman–Crippen MR) is 79.5 cm³/mol. The van der Waals surface area contributed by atoms with Gasteiger partial charge in [-0.25, -0.2) is 9.48 Å². The molecule has 1 N–H and O–H groups in total. The van der Waals surface area contributed by atoms with E-state index in [2.05, 4.69) is 15.5 Å². The molecule has 112 valence electrons. The second-order valence-electron chi connectivity index (χ2n) is 4.28. The van der Waals surface area contributed by atoms with E-state index in [1.807, 2.05) is 18.4 Å². The highest BCUT2D eigenvalue weighted by atomic mass is 32.2. The van der Waals surface area contributed by atoms with Crippen LogP contribution in [0.2, 0.25) is 0 Å². The van der Waals surface area contributed by atoms with Crippen molar-refractivity contribution in [1.82, 2.24) is 20.2 Å². The van der Waals surface area contributed by atoms with Crippen LogP contribution >= 0.6 is 11.8 Å². The SMILES string of the molecule is COc1ccccc1-c1nnnn1C(CCSC)C(=O)O. The first-order valence-corrected chi connectivity index (χ1v) is 7.71. The molecule has 2 rings (SSSR count). The highest BCUT2D eigenvalue weighted by molar-refractivity contribution is 7.98. The van der Waals surface area contributed by atoms with E-state index in [0.717, 1.165) is 0 Å². The van der Waals surface area contributed by atoms with E-state index in [1.54, 1.807) is 31.0 Å². The first kappa shape index (κ1) is 15.3. The number of para-hydroxylation sites is 1. The van der Waals surface area contributed by atoms with Crippen molar-refractivity contribution in [2.24, 2.45) is 0 Å². The van der Waals surface area contributed by atoms with Gasteiger partial charge in [0.25, 0.3) is 0 Å². The Morgan fingerprint density at radius 1 is 1.48 bits per heavy atom. The third-order valence-electron chi connectivity index (χ3n) is 3.02. The number of carboxylic acids is 1. The van der Waals surface area contributed by atoms with Crippen LogP contribution in [0.25, 0.3) is 11.4 Å². The minimum Gasteiger partial charge on any atom is -0.496 e. The Kier molecular flexibility index (Phi) is 5.15. The molecule has 0 fully saturated rings. The van der Waals surface area contributed by atoms with E-state index in [4.69, 9.17) is 4.74 Å². The highest BCUT2D eigenvalue weighted by Gasteiger charge is 2.25. The second-order valence-corrected chi connectivity index (χ2v) is 5.27. The van der Waals surface area contributed by atoms with Crippen LogP contribution in [0.15, 0.2) is 24.3 Å². The molecule has 0 amide bonds. The average molecular weight is 308 g/mol. The van der Waals surface area contributed by atoms with Crippen LogP contribution < -0.4 is 4.74 Å². The van der Waals surface area contributed by atoms with Gasteiger partial charge in [0.15, 0.2) is 11.9 Å². The highest BCUT2D eigenvalue weighted by Crippen LogP contribution is 2.29. The van der Waals surface area contributed by atoms with Crippen molar-refractivity contribution >= 4 is 17.7 Å². The molecule has 1 aromatic carbocycles. The zero-order chi connectivity index (χ0) is 15.2. The van der Waals surface area contributed by atoms with Gasteiger partial charge in [0.2, 0.25) is 0 Å². The Morgan fingerprint density at radius 2 is 2.24 bits per heavy atom. The molecule has 0 bridgehead atoms. The second kappa shape index (κ2) is 7.07. The van der Waals surface area contributed by atoms with Gasteiger partial charge in [0.05, 0.1) is 12.7 Å². The molecule has 21 heavy (non-hydrogen) atoms. The van der Waals surface area contributed by atoms with Crippen molar-refractivity contribution in [2.75, 3.05) is 19.1 Å². The zero-order valence-corrected chi connectivity index (χ0v) is 12.6. The van der Waals surface area contributed by atoms with Gasteiger partial charge in [-0.3, -0.25) is 0 Å². The van der Waals surface area contributed by atoms with Crippen LogP contribution in [-0.2, 0) is 4.79 Å². The third-order valence-corrected chi connectivity index (χ3v) is 3.66. The van der Waals surface area contributed by atoms with Gasteiger partial charge < -0.3 is 9.84 Å². The number of ether oxygens (including phenoxy) is 1. The molecule has 1 unspecified atom stereocenters. The Hall–Kier alpha value is -2.09. The van der Waals surface area contributed by atoms with E-state index in [0.29, 0.717) is 29.3 Å². The van der Waals surface area contributed by atoms with Gasteiger partial charge in [0, 0.05) is 0 Å². The summed E-state index contributed by atoms with van der Waals surface area (Å²) in [6.45, 7) is 0. The normalized spacial score (nSPS) is 12.1. The predicted octanol–water partition coefficient (Wildman–Crippen LogP) is 1.73. The first-order chi connectivity index (χ1) is 10.2. The maximum Gasteiger partial charge on any atom is 0.328 e. The summed E-state index contributed by atoms with van der Waals surface area (Å²) >= 11 is 1.58. The van der Waals surface area contributed by atoms with Crippen LogP contribution in [0.1, 0.15) is 12.5 Å². The largest absolute Gasteiger partial charge is 0.496 e. The lowest BCUT2D eigenvalue weighted by molar-refractivity contribution is -0.141. The van der Waals surface area contributed by atoms with Crippen molar-refractivity contribution in [3.8, 4) is 17.1 Å². The average Bonchev–Trinajstić information content (AvgIpc) is 2.96. The molecule has 0 aliphatic heterocycles. The van der Waals surface area contributed by atoms with E-state index < -0.39 is 12.0 Å². The van der Waals surface area contributed by atoms with Crippen LogP contribution in [0.5, 0.6) is 5.75 Å². The molecule has 8 heteroatoms. The Balaban J connectivity index is 2.43. The number of aromatic nitrogens is 4. The quantitative estimate of drug-likeness (QED) is 0.833. The summed E-state index contributed by atoms with van der Waals surface area (Å²) in [5, 5.41) is 20.8. The summed E-state index contributed by atoms with van der Waals surface area (Å²) in [5.41, 5.74) is 0.667. The minimum atomic E-state index is -0.951. The summed E-state index contributed by atoms with van der Waals surface area (Å²) < 4.78 is 6.63. The fourth-order valence-electron chi connectivity index (χ4n) is 1.99.